The molecule has 2 N–H and O–H groups in total. The summed E-state index contributed by atoms with van der Waals surface area (Å²) in [5.41, 5.74) is 2.65. The largest absolute Gasteiger partial charge is 0.468 e. The number of rotatable bonds is 10. The van der Waals surface area contributed by atoms with Crippen molar-refractivity contribution >= 4 is 58.1 Å². The van der Waals surface area contributed by atoms with Gasteiger partial charge in [0, 0.05) is 17.8 Å². The van der Waals surface area contributed by atoms with Crippen molar-refractivity contribution in [2.24, 2.45) is 5.92 Å². The van der Waals surface area contributed by atoms with Gasteiger partial charge in [-0.05, 0) is 48.1 Å². The molecular weight excluding hydrogens is 479 g/mol. The molecule has 0 fully saturated rings. The maximum Gasteiger partial charge on any atom is 0.317 e. The Labute approximate surface area is 209 Å². The van der Waals surface area contributed by atoms with Crippen LogP contribution in [0.15, 0.2) is 36.4 Å². The number of anilines is 2. The molecule has 0 aliphatic carbocycles. The van der Waals surface area contributed by atoms with E-state index in [0.717, 1.165) is 24.7 Å². The Kier molecular flexibility index (Phi) is 10.1. The first-order chi connectivity index (χ1) is 16.1. The van der Waals surface area contributed by atoms with Crippen LogP contribution >= 0.6 is 23.2 Å². The van der Waals surface area contributed by atoms with E-state index in [4.69, 9.17) is 23.2 Å². The van der Waals surface area contributed by atoms with Crippen LogP contribution in [-0.4, -0.2) is 30.7 Å². The summed E-state index contributed by atoms with van der Waals surface area (Å²) in [5.74, 6) is -5.14. The highest BCUT2D eigenvalue weighted by Gasteiger charge is 2.35. The van der Waals surface area contributed by atoms with Crippen LogP contribution in [0.1, 0.15) is 50.7 Å². The Morgan fingerprint density at radius 1 is 1.00 bits per heavy atom. The van der Waals surface area contributed by atoms with Crippen LogP contribution in [0.25, 0.3) is 0 Å². The van der Waals surface area contributed by atoms with Gasteiger partial charge >= 0.3 is 5.97 Å². The quantitative estimate of drug-likeness (QED) is 0.255. The van der Waals surface area contributed by atoms with Crippen LogP contribution in [0.4, 0.5) is 11.4 Å². The first-order valence-corrected chi connectivity index (χ1v) is 11.7. The first-order valence-electron chi connectivity index (χ1n) is 10.9. The summed E-state index contributed by atoms with van der Waals surface area (Å²) in [6.45, 7) is 5.99. The molecule has 182 valence electrons. The molecule has 7 nitrogen and oxygen atoms in total. The highest BCUT2D eigenvalue weighted by Crippen LogP contribution is 2.31. The number of ketones is 1. The molecule has 0 bridgehead atoms. The zero-order valence-electron chi connectivity index (χ0n) is 19.5. The van der Waals surface area contributed by atoms with Crippen molar-refractivity contribution in [1.29, 1.82) is 0 Å². The Bertz CT molecular complexity index is 1090. The first kappa shape index (κ1) is 27.3. The number of nitrogens with one attached hydrogen (secondary N) is 2. The highest BCUT2D eigenvalue weighted by atomic mass is 35.5. The van der Waals surface area contributed by atoms with Gasteiger partial charge in [-0.15, -0.1) is 0 Å². The number of esters is 1. The number of aryl methyl sites for hydroxylation is 1. The summed E-state index contributed by atoms with van der Waals surface area (Å²) < 4.78 is 4.69. The molecule has 0 radical (unpaired) electrons. The van der Waals surface area contributed by atoms with Crippen molar-refractivity contribution in [3.63, 3.8) is 0 Å². The van der Waals surface area contributed by atoms with Gasteiger partial charge < -0.3 is 15.4 Å². The molecule has 0 heterocycles. The fraction of sp³-hybridized carbons (Fsp3) is 0.360. The molecule has 0 aliphatic heterocycles. The lowest BCUT2D eigenvalue weighted by atomic mass is 9.93. The van der Waals surface area contributed by atoms with Crippen LogP contribution in [0.3, 0.4) is 0 Å². The monoisotopic (exact) mass is 506 g/mol. The zero-order chi connectivity index (χ0) is 25.4. The van der Waals surface area contributed by atoms with Gasteiger partial charge in [0.15, 0.2) is 0 Å². The van der Waals surface area contributed by atoms with E-state index in [1.807, 2.05) is 39.0 Å². The fourth-order valence-electron chi connectivity index (χ4n) is 3.43. The Morgan fingerprint density at radius 3 is 2.29 bits per heavy atom. The van der Waals surface area contributed by atoms with Gasteiger partial charge in [-0.1, -0.05) is 62.2 Å². The topological polar surface area (TPSA) is 102 Å². The Hall–Kier alpha value is -2.90. The summed E-state index contributed by atoms with van der Waals surface area (Å²) in [7, 11) is 1.09. The number of carbonyl (C=O) groups is 4. The molecule has 9 heteroatoms. The maximum absolute atomic E-state index is 13.0. The second kappa shape index (κ2) is 12.5. The maximum atomic E-state index is 13.0. The minimum Gasteiger partial charge on any atom is -0.468 e. The smallest absolute Gasteiger partial charge is 0.317 e. The van der Waals surface area contributed by atoms with Crippen LogP contribution < -0.4 is 10.6 Å². The van der Waals surface area contributed by atoms with Gasteiger partial charge in [0.1, 0.15) is 5.92 Å². The normalized spacial score (nSPS) is 12.4. The van der Waals surface area contributed by atoms with Crippen LogP contribution in [-0.2, 0) is 30.3 Å². The molecule has 2 aromatic rings. The molecule has 0 unspecified atom stereocenters. The second-order valence-corrected chi connectivity index (χ2v) is 8.63. The van der Waals surface area contributed by atoms with E-state index < -0.39 is 35.9 Å². The van der Waals surface area contributed by atoms with Crippen LogP contribution in [0.2, 0.25) is 10.0 Å². The molecule has 2 amide bonds. The van der Waals surface area contributed by atoms with Crippen LogP contribution in [0.5, 0.6) is 0 Å². The molecule has 2 rings (SSSR count). The Balaban J connectivity index is 2.23. The van der Waals surface area contributed by atoms with Crippen molar-refractivity contribution in [1.82, 2.24) is 0 Å². The van der Waals surface area contributed by atoms with Crippen molar-refractivity contribution in [3.05, 3.63) is 57.6 Å². The number of methoxy groups -OCH3 is 1. The van der Waals surface area contributed by atoms with E-state index in [0.29, 0.717) is 22.8 Å². The standard InChI is InChI=1S/C25H28Cl2N2O5/c1-5-14(3)17-9-7-8-15(6-2)22(17)29-24(32)23(31)18(25(33)34-4)13-21(30)28-16-10-11-19(26)20(27)12-16/h7-12,14,18H,5-6,13H2,1-4H3,(H,28,30)(H,29,32)/t14-,18+/m1/s1. The second-order valence-electron chi connectivity index (χ2n) is 7.82. The Morgan fingerprint density at radius 2 is 1.71 bits per heavy atom. The number of amides is 2. The van der Waals surface area contributed by atoms with Gasteiger partial charge in [-0.25, -0.2) is 0 Å². The van der Waals surface area contributed by atoms with Crippen molar-refractivity contribution in [2.45, 2.75) is 46.0 Å². The molecule has 34 heavy (non-hydrogen) atoms. The molecule has 0 spiro atoms. The van der Waals surface area contributed by atoms with Gasteiger partial charge in [-0.2, -0.15) is 0 Å². The van der Waals surface area contributed by atoms with E-state index in [2.05, 4.69) is 15.4 Å². The van der Waals surface area contributed by atoms with Crippen molar-refractivity contribution < 1.29 is 23.9 Å². The SMILES string of the molecule is CCc1cccc([C@H](C)CC)c1NC(=O)C(=O)[C@H](CC(=O)Nc1ccc(Cl)c(Cl)c1)C(=O)OC. The van der Waals surface area contributed by atoms with Crippen LogP contribution in [0, 0.1) is 5.92 Å². The number of hydrogen-bond donors (Lipinski definition) is 2. The van der Waals surface area contributed by atoms with E-state index in [-0.39, 0.29) is 10.9 Å². The van der Waals surface area contributed by atoms with E-state index >= 15 is 0 Å². The van der Waals surface area contributed by atoms with Gasteiger partial charge in [-0.3, -0.25) is 19.2 Å². The summed E-state index contributed by atoms with van der Waals surface area (Å²) >= 11 is 11.8. The third kappa shape index (κ3) is 6.81. The highest BCUT2D eigenvalue weighted by molar-refractivity contribution is 6.44. The molecule has 0 saturated carbocycles. The molecule has 0 aliphatic rings. The number of para-hydroxylation sites is 1. The van der Waals surface area contributed by atoms with E-state index in [1.165, 1.54) is 18.2 Å². The predicted molar refractivity (Wildman–Crippen MR) is 133 cm³/mol. The third-order valence-corrected chi connectivity index (χ3v) is 6.30. The van der Waals surface area contributed by atoms with Gasteiger partial charge in [0.25, 0.3) is 5.91 Å². The van der Waals surface area contributed by atoms with Gasteiger partial charge in [0.2, 0.25) is 11.7 Å². The number of benzene rings is 2. The van der Waals surface area contributed by atoms with Crippen molar-refractivity contribution in [2.75, 3.05) is 17.7 Å². The van der Waals surface area contributed by atoms with Crippen molar-refractivity contribution in [3.8, 4) is 0 Å². The zero-order valence-corrected chi connectivity index (χ0v) is 21.0. The molecule has 2 aromatic carbocycles. The van der Waals surface area contributed by atoms with E-state index in [9.17, 15) is 19.2 Å². The average Bonchev–Trinajstić information content (AvgIpc) is 2.83. The minimum absolute atomic E-state index is 0.144. The lowest BCUT2D eigenvalue weighted by Gasteiger charge is -2.20. The minimum atomic E-state index is -1.60. The molecule has 0 saturated heterocycles. The lowest BCUT2D eigenvalue weighted by molar-refractivity contribution is -0.153. The fourth-order valence-corrected chi connectivity index (χ4v) is 3.73. The summed E-state index contributed by atoms with van der Waals surface area (Å²) in [4.78, 5) is 50.7. The summed E-state index contributed by atoms with van der Waals surface area (Å²) in [6.07, 6.45) is 0.900. The number of ether oxygens (including phenoxy) is 1. The average molecular weight is 507 g/mol. The lowest BCUT2D eigenvalue weighted by Crippen LogP contribution is -2.37. The predicted octanol–water partition coefficient (Wildman–Crippen LogP) is 5.39. The molecule has 0 aromatic heterocycles. The number of halogens is 2. The van der Waals surface area contributed by atoms with E-state index in [1.54, 1.807) is 0 Å². The third-order valence-electron chi connectivity index (χ3n) is 5.56. The van der Waals surface area contributed by atoms with Gasteiger partial charge in [0.05, 0.1) is 17.2 Å². The number of hydrogen-bond acceptors (Lipinski definition) is 5. The molecule has 2 atom stereocenters. The number of Topliss-reactive ketones (excluding diaryl/α,β-unsaturated/α-hetero) is 1. The molecular formula is C25H28Cl2N2O5. The number of carbonyl (C=O) groups excluding carboxylic acids is 4. The summed E-state index contributed by atoms with van der Waals surface area (Å²) in [6, 6.07) is 10.1. The summed E-state index contributed by atoms with van der Waals surface area (Å²) in [5, 5.41) is 5.76.